The van der Waals surface area contributed by atoms with Crippen LogP contribution in [0.1, 0.15) is 19.4 Å². The Hall–Kier alpha value is -2.33. The fourth-order valence-electron chi connectivity index (χ4n) is 3.62. The van der Waals surface area contributed by atoms with Crippen LogP contribution in [0.15, 0.2) is 65.1 Å². The van der Waals surface area contributed by atoms with Crippen LogP contribution in [-0.2, 0) is 11.2 Å². The molecule has 0 aliphatic carbocycles. The van der Waals surface area contributed by atoms with Gasteiger partial charge in [0.2, 0.25) is 0 Å². The quantitative estimate of drug-likeness (QED) is 0.583. The molecule has 0 bridgehead atoms. The SMILES string of the molecule is C[C@H](Oc1ccc2cc(Br)ccc2c1)C(=O)N1c2ccccc2C[C@H]1C. The predicted molar refractivity (Wildman–Crippen MR) is 109 cm³/mol. The van der Waals surface area contributed by atoms with Crippen LogP contribution in [0.25, 0.3) is 10.8 Å². The molecule has 1 aliphatic rings. The number of rotatable bonds is 3. The zero-order valence-corrected chi connectivity index (χ0v) is 16.4. The largest absolute Gasteiger partial charge is 0.481 e. The van der Waals surface area contributed by atoms with E-state index in [-0.39, 0.29) is 11.9 Å². The predicted octanol–water partition coefficient (Wildman–Crippen LogP) is 5.35. The lowest BCUT2D eigenvalue weighted by Crippen LogP contribution is -2.43. The summed E-state index contributed by atoms with van der Waals surface area (Å²) < 4.78 is 7.03. The average Bonchev–Trinajstić information content (AvgIpc) is 2.96. The number of anilines is 1. The number of amides is 1. The van der Waals surface area contributed by atoms with Crippen LogP contribution in [0.4, 0.5) is 5.69 Å². The van der Waals surface area contributed by atoms with E-state index in [0.717, 1.165) is 27.4 Å². The summed E-state index contributed by atoms with van der Waals surface area (Å²) in [4.78, 5) is 14.9. The Morgan fingerprint density at radius 1 is 1.12 bits per heavy atom. The molecule has 3 aromatic rings. The lowest BCUT2D eigenvalue weighted by atomic mass is 10.1. The Labute approximate surface area is 161 Å². The molecule has 0 saturated heterocycles. The van der Waals surface area contributed by atoms with Crippen molar-refractivity contribution in [1.82, 2.24) is 0 Å². The molecule has 0 radical (unpaired) electrons. The fourth-order valence-corrected chi connectivity index (χ4v) is 4.00. The highest BCUT2D eigenvalue weighted by atomic mass is 79.9. The zero-order chi connectivity index (χ0) is 18.3. The van der Waals surface area contributed by atoms with Crippen molar-refractivity contribution < 1.29 is 9.53 Å². The Morgan fingerprint density at radius 3 is 2.69 bits per heavy atom. The van der Waals surface area contributed by atoms with Crippen LogP contribution < -0.4 is 9.64 Å². The smallest absolute Gasteiger partial charge is 0.268 e. The second-order valence-electron chi connectivity index (χ2n) is 6.80. The van der Waals surface area contributed by atoms with Gasteiger partial charge < -0.3 is 9.64 Å². The minimum atomic E-state index is -0.545. The van der Waals surface area contributed by atoms with Crippen molar-refractivity contribution in [2.45, 2.75) is 32.4 Å². The van der Waals surface area contributed by atoms with Crippen LogP contribution in [0.3, 0.4) is 0 Å². The number of halogens is 1. The van der Waals surface area contributed by atoms with Crippen molar-refractivity contribution in [2.75, 3.05) is 4.90 Å². The highest BCUT2D eigenvalue weighted by Crippen LogP contribution is 2.33. The molecule has 0 N–H and O–H groups in total. The first kappa shape index (κ1) is 17.1. The van der Waals surface area contributed by atoms with Gasteiger partial charge in [-0.2, -0.15) is 0 Å². The third kappa shape index (κ3) is 3.10. The normalized spacial score (nSPS) is 17.2. The van der Waals surface area contributed by atoms with E-state index in [4.69, 9.17) is 4.74 Å². The number of benzene rings is 3. The Morgan fingerprint density at radius 2 is 1.85 bits per heavy atom. The van der Waals surface area contributed by atoms with E-state index in [1.165, 1.54) is 5.56 Å². The number of fused-ring (bicyclic) bond motifs is 2. The van der Waals surface area contributed by atoms with Crippen LogP contribution in [0.2, 0.25) is 0 Å². The van der Waals surface area contributed by atoms with Crippen LogP contribution in [0.5, 0.6) is 5.75 Å². The molecule has 0 aromatic heterocycles. The number of hydrogen-bond acceptors (Lipinski definition) is 2. The van der Waals surface area contributed by atoms with E-state index in [1.54, 1.807) is 0 Å². The van der Waals surface area contributed by atoms with Crippen molar-refractivity contribution >= 4 is 38.3 Å². The van der Waals surface area contributed by atoms with Crippen molar-refractivity contribution in [3.8, 4) is 5.75 Å². The van der Waals surface area contributed by atoms with Gasteiger partial charge in [-0.1, -0.05) is 46.3 Å². The molecular formula is C22H20BrNO2. The highest BCUT2D eigenvalue weighted by Gasteiger charge is 2.33. The number of ether oxygens (including phenoxy) is 1. The molecule has 0 unspecified atom stereocenters. The zero-order valence-electron chi connectivity index (χ0n) is 14.8. The van der Waals surface area contributed by atoms with Crippen molar-refractivity contribution in [3.63, 3.8) is 0 Å². The molecule has 1 heterocycles. The third-order valence-electron chi connectivity index (χ3n) is 4.88. The summed E-state index contributed by atoms with van der Waals surface area (Å²) in [5.74, 6) is 0.708. The van der Waals surface area contributed by atoms with Crippen LogP contribution in [-0.4, -0.2) is 18.1 Å². The standard InChI is InChI=1S/C22H20BrNO2/c1-14-11-18-5-3-4-6-21(18)24(14)22(25)15(2)26-20-10-8-16-12-19(23)9-7-17(16)13-20/h3-10,12-15H,11H2,1-2H3/t14-,15+/m1/s1. The fraction of sp³-hybridized carbons (Fsp3) is 0.227. The first-order valence-electron chi connectivity index (χ1n) is 8.80. The molecule has 0 spiro atoms. The molecule has 4 heteroatoms. The minimum absolute atomic E-state index is 0.00152. The summed E-state index contributed by atoms with van der Waals surface area (Å²) in [6, 6.07) is 20.3. The average molecular weight is 410 g/mol. The molecule has 2 atom stereocenters. The van der Waals surface area contributed by atoms with E-state index in [2.05, 4.69) is 35.0 Å². The van der Waals surface area contributed by atoms with E-state index in [1.807, 2.05) is 60.4 Å². The van der Waals surface area contributed by atoms with Gasteiger partial charge in [-0.05, 0) is 66.9 Å². The maximum atomic E-state index is 13.0. The molecule has 4 rings (SSSR count). The highest BCUT2D eigenvalue weighted by molar-refractivity contribution is 9.10. The van der Waals surface area contributed by atoms with Gasteiger partial charge in [0, 0.05) is 16.2 Å². The molecule has 0 saturated carbocycles. The van der Waals surface area contributed by atoms with Gasteiger partial charge in [0.25, 0.3) is 5.91 Å². The van der Waals surface area contributed by atoms with Crippen LogP contribution in [0, 0.1) is 0 Å². The second-order valence-corrected chi connectivity index (χ2v) is 7.72. The summed E-state index contributed by atoms with van der Waals surface area (Å²) in [6.45, 7) is 3.90. The molecule has 26 heavy (non-hydrogen) atoms. The minimum Gasteiger partial charge on any atom is -0.481 e. The van der Waals surface area contributed by atoms with Crippen molar-refractivity contribution in [1.29, 1.82) is 0 Å². The number of carbonyl (C=O) groups is 1. The molecule has 132 valence electrons. The molecule has 1 aliphatic heterocycles. The van der Waals surface area contributed by atoms with E-state index >= 15 is 0 Å². The van der Waals surface area contributed by atoms with Gasteiger partial charge in [-0.15, -0.1) is 0 Å². The number of nitrogens with zero attached hydrogens (tertiary/aromatic N) is 1. The Balaban J connectivity index is 1.55. The van der Waals surface area contributed by atoms with Crippen molar-refractivity contribution in [2.24, 2.45) is 0 Å². The van der Waals surface area contributed by atoms with Gasteiger partial charge in [-0.25, -0.2) is 0 Å². The van der Waals surface area contributed by atoms with Gasteiger partial charge >= 0.3 is 0 Å². The lowest BCUT2D eigenvalue weighted by molar-refractivity contribution is -0.124. The lowest BCUT2D eigenvalue weighted by Gasteiger charge is -2.26. The number of hydrogen-bond donors (Lipinski definition) is 0. The maximum absolute atomic E-state index is 13.0. The maximum Gasteiger partial charge on any atom is 0.268 e. The molecule has 1 amide bonds. The van der Waals surface area contributed by atoms with Gasteiger partial charge in [0.15, 0.2) is 6.10 Å². The Bertz CT molecular complexity index is 985. The summed E-state index contributed by atoms with van der Waals surface area (Å²) >= 11 is 3.49. The van der Waals surface area contributed by atoms with Gasteiger partial charge in [0.1, 0.15) is 5.75 Å². The van der Waals surface area contributed by atoms with Gasteiger partial charge in [0.05, 0.1) is 0 Å². The van der Waals surface area contributed by atoms with E-state index in [0.29, 0.717) is 5.75 Å². The summed E-state index contributed by atoms with van der Waals surface area (Å²) in [5.41, 5.74) is 2.22. The first-order valence-corrected chi connectivity index (χ1v) is 9.59. The topological polar surface area (TPSA) is 29.5 Å². The van der Waals surface area contributed by atoms with Crippen molar-refractivity contribution in [3.05, 3.63) is 70.7 Å². The molecule has 3 aromatic carbocycles. The molecule has 3 nitrogen and oxygen atoms in total. The summed E-state index contributed by atoms with van der Waals surface area (Å²) in [7, 11) is 0. The molecular weight excluding hydrogens is 390 g/mol. The van der Waals surface area contributed by atoms with Crippen LogP contribution >= 0.6 is 15.9 Å². The summed E-state index contributed by atoms with van der Waals surface area (Å²) in [5, 5.41) is 2.22. The number of carbonyl (C=O) groups excluding carboxylic acids is 1. The van der Waals surface area contributed by atoms with Gasteiger partial charge in [-0.3, -0.25) is 4.79 Å². The third-order valence-corrected chi connectivity index (χ3v) is 5.37. The Kier molecular flexibility index (Phi) is 4.45. The number of para-hydroxylation sites is 1. The monoisotopic (exact) mass is 409 g/mol. The molecule has 0 fully saturated rings. The summed E-state index contributed by atoms with van der Waals surface area (Å²) in [6.07, 6.45) is 0.343. The second kappa shape index (κ2) is 6.76. The van der Waals surface area contributed by atoms with E-state index < -0.39 is 6.10 Å². The van der Waals surface area contributed by atoms with E-state index in [9.17, 15) is 4.79 Å². The first-order chi connectivity index (χ1) is 12.5.